The molecule has 2 atom stereocenters. The molecule has 1 N–H and O–H groups in total. The highest BCUT2D eigenvalue weighted by atomic mass is 16.3. The number of carbonyl (C=O) groups excluding carboxylic acids is 1. The van der Waals surface area contributed by atoms with Crippen LogP contribution in [0.15, 0.2) is 34.7 Å². The predicted octanol–water partition coefficient (Wildman–Crippen LogP) is 2.95. The number of benzene rings is 1. The van der Waals surface area contributed by atoms with Crippen molar-refractivity contribution in [3.05, 3.63) is 36.1 Å². The first-order chi connectivity index (χ1) is 9.52. The number of hydrogen-bond donors (Lipinski definition) is 1. The fourth-order valence-corrected chi connectivity index (χ4v) is 2.23. The monoisotopic (exact) mass is 274 g/mol. The Morgan fingerprint density at radius 2 is 2.05 bits per heavy atom. The smallest absolute Gasteiger partial charge is 0.239 e. The number of likely N-dealkylation sites (N-methyl/N-ethyl adjacent to an activating group) is 1. The summed E-state index contributed by atoms with van der Waals surface area (Å²) in [7, 11) is 1.81. The summed E-state index contributed by atoms with van der Waals surface area (Å²) in [6.45, 7) is 6.57. The van der Waals surface area contributed by atoms with Crippen molar-refractivity contribution in [2.24, 2.45) is 0 Å². The van der Waals surface area contributed by atoms with Crippen LogP contribution >= 0.6 is 0 Å². The van der Waals surface area contributed by atoms with Crippen molar-refractivity contribution in [3.63, 3.8) is 0 Å². The van der Waals surface area contributed by atoms with Gasteiger partial charge in [-0.15, -0.1) is 0 Å². The fourth-order valence-electron chi connectivity index (χ4n) is 2.23. The lowest BCUT2D eigenvalue weighted by atomic mass is 10.2. The van der Waals surface area contributed by atoms with Gasteiger partial charge in [-0.1, -0.05) is 18.2 Å². The standard InChI is InChI=1S/C16H22N2O2/c1-5-18(4)16(19)12(3)17-11(2)15-10-13-8-6-7-9-14(13)20-15/h6-12,17H,5H2,1-4H3. The quantitative estimate of drug-likeness (QED) is 0.911. The third-order valence-electron chi connectivity index (χ3n) is 3.59. The van der Waals surface area contributed by atoms with Crippen LogP contribution in [0.5, 0.6) is 0 Å². The van der Waals surface area contributed by atoms with E-state index in [-0.39, 0.29) is 18.0 Å². The molecule has 1 heterocycles. The Bertz CT molecular complexity index is 558. The van der Waals surface area contributed by atoms with Gasteiger partial charge in [-0.3, -0.25) is 10.1 Å². The second kappa shape index (κ2) is 6.09. The lowest BCUT2D eigenvalue weighted by Gasteiger charge is -2.23. The van der Waals surface area contributed by atoms with Crippen LogP contribution in [0.1, 0.15) is 32.6 Å². The normalized spacial score (nSPS) is 14.2. The summed E-state index contributed by atoms with van der Waals surface area (Å²) in [6, 6.07) is 9.69. The molecule has 4 heteroatoms. The molecule has 0 bridgehead atoms. The number of nitrogens with zero attached hydrogens (tertiary/aromatic N) is 1. The zero-order valence-corrected chi connectivity index (χ0v) is 12.5. The Hall–Kier alpha value is -1.81. The summed E-state index contributed by atoms with van der Waals surface area (Å²) in [5, 5.41) is 4.37. The molecular weight excluding hydrogens is 252 g/mol. The summed E-state index contributed by atoms with van der Waals surface area (Å²) < 4.78 is 5.81. The van der Waals surface area contributed by atoms with E-state index in [1.165, 1.54) is 0 Å². The summed E-state index contributed by atoms with van der Waals surface area (Å²) in [5.74, 6) is 0.945. The minimum Gasteiger partial charge on any atom is -0.459 e. The van der Waals surface area contributed by atoms with Crippen molar-refractivity contribution in [3.8, 4) is 0 Å². The van der Waals surface area contributed by atoms with Gasteiger partial charge in [0.2, 0.25) is 5.91 Å². The zero-order chi connectivity index (χ0) is 14.7. The van der Waals surface area contributed by atoms with Crippen LogP contribution in [0.3, 0.4) is 0 Å². The van der Waals surface area contributed by atoms with Crippen molar-refractivity contribution in [1.82, 2.24) is 10.2 Å². The van der Waals surface area contributed by atoms with Crippen LogP contribution in [0, 0.1) is 0 Å². The molecule has 0 spiro atoms. The maximum Gasteiger partial charge on any atom is 0.239 e. The molecule has 1 aromatic heterocycles. The second-order valence-corrected chi connectivity index (χ2v) is 5.15. The summed E-state index contributed by atoms with van der Waals surface area (Å²) in [4.78, 5) is 13.8. The first-order valence-electron chi connectivity index (χ1n) is 7.02. The van der Waals surface area contributed by atoms with Crippen LogP contribution < -0.4 is 5.32 Å². The predicted molar refractivity (Wildman–Crippen MR) is 80.5 cm³/mol. The Labute approximate surface area is 119 Å². The molecule has 0 fully saturated rings. The van der Waals surface area contributed by atoms with Gasteiger partial charge in [-0.2, -0.15) is 0 Å². The van der Waals surface area contributed by atoms with Crippen LogP contribution in [0.2, 0.25) is 0 Å². The molecule has 2 unspecified atom stereocenters. The zero-order valence-electron chi connectivity index (χ0n) is 12.5. The third kappa shape index (κ3) is 3.02. The first kappa shape index (κ1) is 14.6. The van der Waals surface area contributed by atoms with Crippen molar-refractivity contribution < 1.29 is 9.21 Å². The third-order valence-corrected chi connectivity index (χ3v) is 3.59. The van der Waals surface area contributed by atoms with E-state index in [4.69, 9.17) is 4.42 Å². The number of nitrogens with one attached hydrogen (secondary N) is 1. The number of hydrogen-bond acceptors (Lipinski definition) is 3. The average Bonchev–Trinajstić information content (AvgIpc) is 2.89. The van der Waals surface area contributed by atoms with E-state index in [1.54, 1.807) is 4.90 Å². The highest BCUT2D eigenvalue weighted by molar-refractivity contribution is 5.81. The van der Waals surface area contributed by atoms with Gasteiger partial charge in [0.15, 0.2) is 0 Å². The van der Waals surface area contributed by atoms with Gasteiger partial charge in [0.1, 0.15) is 11.3 Å². The Morgan fingerprint density at radius 1 is 1.35 bits per heavy atom. The number of para-hydroxylation sites is 1. The van der Waals surface area contributed by atoms with E-state index < -0.39 is 0 Å². The van der Waals surface area contributed by atoms with E-state index in [0.29, 0.717) is 6.54 Å². The number of carbonyl (C=O) groups is 1. The number of amides is 1. The van der Waals surface area contributed by atoms with E-state index in [2.05, 4.69) is 5.32 Å². The molecule has 1 amide bonds. The van der Waals surface area contributed by atoms with E-state index in [9.17, 15) is 4.79 Å². The van der Waals surface area contributed by atoms with Gasteiger partial charge in [0, 0.05) is 19.0 Å². The van der Waals surface area contributed by atoms with Crippen LogP contribution in [0.25, 0.3) is 11.0 Å². The second-order valence-electron chi connectivity index (χ2n) is 5.15. The molecule has 2 aromatic rings. The summed E-state index contributed by atoms with van der Waals surface area (Å²) >= 11 is 0. The van der Waals surface area contributed by atoms with Crippen LogP contribution in [-0.4, -0.2) is 30.4 Å². The minimum absolute atomic E-state index is 0.00777. The molecular formula is C16H22N2O2. The molecule has 4 nitrogen and oxygen atoms in total. The summed E-state index contributed by atoms with van der Waals surface area (Å²) in [5.41, 5.74) is 0.876. The number of fused-ring (bicyclic) bond motifs is 1. The Morgan fingerprint density at radius 3 is 2.70 bits per heavy atom. The van der Waals surface area contributed by atoms with Crippen molar-refractivity contribution in [1.29, 1.82) is 0 Å². The molecule has 20 heavy (non-hydrogen) atoms. The molecule has 108 valence electrons. The highest BCUT2D eigenvalue weighted by Crippen LogP contribution is 2.23. The van der Waals surface area contributed by atoms with Gasteiger partial charge in [-0.05, 0) is 32.9 Å². The van der Waals surface area contributed by atoms with Gasteiger partial charge in [0.25, 0.3) is 0 Å². The van der Waals surface area contributed by atoms with E-state index >= 15 is 0 Å². The summed E-state index contributed by atoms with van der Waals surface area (Å²) in [6.07, 6.45) is 0. The Kier molecular flexibility index (Phi) is 4.45. The van der Waals surface area contributed by atoms with Gasteiger partial charge in [-0.25, -0.2) is 0 Å². The minimum atomic E-state index is -0.233. The van der Waals surface area contributed by atoms with Gasteiger partial charge in [0.05, 0.1) is 12.1 Å². The molecule has 0 saturated carbocycles. The molecule has 0 aliphatic heterocycles. The lowest BCUT2D eigenvalue weighted by Crippen LogP contribution is -2.43. The fraction of sp³-hybridized carbons (Fsp3) is 0.438. The van der Waals surface area contributed by atoms with Crippen LogP contribution in [0.4, 0.5) is 0 Å². The van der Waals surface area contributed by atoms with Gasteiger partial charge >= 0.3 is 0 Å². The molecule has 1 aromatic carbocycles. The molecule has 0 aliphatic rings. The van der Waals surface area contributed by atoms with E-state index in [0.717, 1.165) is 16.7 Å². The average molecular weight is 274 g/mol. The molecule has 0 saturated heterocycles. The van der Waals surface area contributed by atoms with Crippen molar-refractivity contribution in [2.75, 3.05) is 13.6 Å². The van der Waals surface area contributed by atoms with E-state index in [1.807, 2.05) is 58.2 Å². The maximum atomic E-state index is 12.0. The van der Waals surface area contributed by atoms with Crippen LogP contribution in [-0.2, 0) is 4.79 Å². The van der Waals surface area contributed by atoms with Gasteiger partial charge < -0.3 is 9.32 Å². The first-order valence-corrected chi connectivity index (χ1v) is 7.02. The van der Waals surface area contributed by atoms with Crippen molar-refractivity contribution in [2.45, 2.75) is 32.9 Å². The number of rotatable bonds is 5. The molecule has 0 aliphatic carbocycles. The number of furan rings is 1. The SMILES string of the molecule is CCN(C)C(=O)C(C)NC(C)c1cc2ccccc2o1. The van der Waals surface area contributed by atoms with Crippen molar-refractivity contribution >= 4 is 16.9 Å². The topological polar surface area (TPSA) is 45.5 Å². The highest BCUT2D eigenvalue weighted by Gasteiger charge is 2.20. The molecule has 0 radical (unpaired) electrons. The Balaban J connectivity index is 2.07. The maximum absolute atomic E-state index is 12.0. The largest absolute Gasteiger partial charge is 0.459 e. The molecule has 2 rings (SSSR count). The lowest BCUT2D eigenvalue weighted by molar-refractivity contribution is -0.131.